The van der Waals surface area contributed by atoms with Crippen molar-refractivity contribution in [2.24, 2.45) is 5.90 Å². The fourth-order valence-electron chi connectivity index (χ4n) is 0.744. The Labute approximate surface area is 81.7 Å². The SMILES string of the molecule is NO[PH](=O)OS(=O)(=O)c1ccccc1. The number of rotatable bonds is 4. The predicted octanol–water partition coefficient (Wildman–Crippen LogP) is 0.672. The van der Waals surface area contributed by atoms with Crippen LogP contribution in [0.5, 0.6) is 0 Å². The summed E-state index contributed by atoms with van der Waals surface area (Å²) in [5, 5.41) is 0. The number of nitrogens with two attached hydrogens (primary N) is 1. The van der Waals surface area contributed by atoms with Crippen molar-refractivity contribution in [3.8, 4) is 0 Å². The van der Waals surface area contributed by atoms with Gasteiger partial charge in [0.05, 0.1) is 4.90 Å². The van der Waals surface area contributed by atoms with Crippen LogP contribution in [0.15, 0.2) is 35.2 Å². The van der Waals surface area contributed by atoms with Crippen molar-refractivity contribution in [3.63, 3.8) is 0 Å². The molecule has 0 saturated heterocycles. The number of hydrogen-bond donors (Lipinski definition) is 1. The molecule has 1 rings (SSSR count). The molecule has 0 aliphatic heterocycles. The third kappa shape index (κ3) is 2.90. The van der Waals surface area contributed by atoms with Gasteiger partial charge in [0, 0.05) is 0 Å². The highest BCUT2D eigenvalue weighted by Crippen LogP contribution is 2.27. The molecule has 0 spiro atoms. The van der Waals surface area contributed by atoms with Gasteiger partial charge in [0.15, 0.2) is 0 Å². The second kappa shape index (κ2) is 4.68. The average molecular weight is 237 g/mol. The van der Waals surface area contributed by atoms with Gasteiger partial charge in [-0.25, -0.2) is 10.5 Å². The lowest BCUT2D eigenvalue weighted by Gasteiger charge is -2.02. The van der Waals surface area contributed by atoms with Gasteiger partial charge in [0.25, 0.3) is 0 Å². The van der Waals surface area contributed by atoms with Gasteiger partial charge in [-0.05, 0) is 12.1 Å². The lowest BCUT2D eigenvalue weighted by molar-refractivity contribution is 0.298. The van der Waals surface area contributed by atoms with Crippen LogP contribution in [0.2, 0.25) is 0 Å². The zero-order valence-corrected chi connectivity index (χ0v) is 8.73. The molecule has 0 aliphatic rings. The molecule has 1 unspecified atom stereocenters. The van der Waals surface area contributed by atoms with E-state index >= 15 is 0 Å². The standard InChI is InChI=1S/C6H8NO5PS/c7-11-13(8)12-14(9,10)6-4-2-1-3-5-6/h1-5,13H,7H2. The first-order valence-corrected chi connectivity index (χ1v) is 6.10. The Balaban J connectivity index is 2.93. The number of benzene rings is 1. The van der Waals surface area contributed by atoms with Gasteiger partial charge >= 0.3 is 18.4 Å². The zero-order valence-electron chi connectivity index (χ0n) is 6.91. The second-order valence-electron chi connectivity index (χ2n) is 2.22. The van der Waals surface area contributed by atoms with Gasteiger partial charge in [-0.3, -0.25) is 4.57 Å². The summed E-state index contributed by atoms with van der Waals surface area (Å²) >= 11 is 0. The van der Waals surface area contributed by atoms with Crippen molar-refractivity contribution in [3.05, 3.63) is 30.3 Å². The fraction of sp³-hybridized carbons (Fsp3) is 0. The van der Waals surface area contributed by atoms with Gasteiger partial charge in [-0.15, -0.1) is 0 Å². The van der Waals surface area contributed by atoms with Crippen LogP contribution in [-0.4, -0.2) is 8.42 Å². The highest BCUT2D eigenvalue weighted by Gasteiger charge is 2.17. The fourth-order valence-corrected chi connectivity index (χ4v) is 2.49. The van der Waals surface area contributed by atoms with E-state index in [2.05, 4.69) is 14.5 Å². The van der Waals surface area contributed by atoms with Crippen LogP contribution in [0.3, 0.4) is 0 Å². The van der Waals surface area contributed by atoms with E-state index in [9.17, 15) is 13.0 Å². The molecule has 1 atom stereocenters. The van der Waals surface area contributed by atoms with Crippen LogP contribution in [0.4, 0.5) is 0 Å². The molecular weight excluding hydrogens is 229 g/mol. The normalized spacial score (nSPS) is 13.8. The first kappa shape index (κ1) is 11.4. The van der Waals surface area contributed by atoms with Gasteiger partial charge < -0.3 is 0 Å². The molecule has 2 N–H and O–H groups in total. The summed E-state index contributed by atoms with van der Waals surface area (Å²) in [6, 6.07) is 7.27. The van der Waals surface area contributed by atoms with E-state index < -0.39 is 18.4 Å². The average Bonchev–Trinajstić information content (AvgIpc) is 2.18. The summed E-state index contributed by atoms with van der Waals surface area (Å²) in [5.74, 6) is 4.50. The molecular formula is C6H8NO5PS. The minimum Gasteiger partial charge on any atom is -0.261 e. The largest absolute Gasteiger partial charge is 0.350 e. The van der Waals surface area contributed by atoms with Gasteiger partial charge in [0.1, 0.15) is 0 Å². The van der Waals surface area contributed by atoms with E-state index in [1.807, 2.05) is 0 Å². The summed E-state index contributed by atoms with van der Waals surface area (Å²) in [6.07, 6.45) is 0. The Hall–Kier alpha value is -0.720. The van der Waals surface area contributed by atoms with Crippen molar-refractivity contribution in [2.75, 3.05) is 0 Å². The van der Waals surface area contributed by atoms with Crippen LogP contribution < -0.4 is 5.90 Å². The summed E-state index contributed by atoms with van der Waals surface area (Å²) < 4.78 is 41.1. The molecule has 6 nitrogen and oxygen atoms in total. The van der Waals surface area contributed by atoms with Gasteiger partial charge in [0.2, 0.25) is 0 Å². The predicted molar refractivity (Wildman–Crippen MR) is 49.0 cm³/mol. The zero-order chi connectivity index (χ0) is 10.6. The quantitative estimate of drug-likeness (QED) is 0.610. The molecule has 0 fully saturated rings. The minimum atomic E-state index is -4.04. The number of hydrogen-bond acceptors (Lipinski definition) is 6. The third-order valence-electron chi connectivity index (χ3n) is 1.31. The van der Waals surface area contributed by atoms with Crippen LogP contribution in [0.1, 0.15) is 0 Å². The monoisotopic (exact) mass is 237 g/mol. The van der Waals surface area contributed by atoms with E-state index in [1.54, 1.807) is 6.07 Å². The molecule has 1 aromatic rings. The first-order chi connectivity index (χ1) is 6.56. The molecule has 78 valence electrons. The smallest absolute Gasteiger partial charge is 0.261 e. The maximum Gasteiger partial charge on any atom is 0.350 e. The van der Waals surface area contributed by atoms with Crippen molar-refractivity contribution < 1.29 is 21.6 Å². The lowest BCUT2D eigenvalue weighted by atomic mass is 10.4. The lowest BCUT2D eigenvalue weighted by Crippen LogP contribution is -2.03. The molecule has 0 aromatic heterocycles. The summed E-state index contributed by atoms with van der Waals surface area (Å²) in [6.45, 7) is 0. The maximum atomic E-state index is 11.3. The highest BCUT2D eigenvalue weighted by atomic mass is 32.2. The summed E-state index contributed by atoms with van der Waals surface area (Å²) in [7, 11) is -7.24. The van der Waals surface area contributed by atoms with Gasteiger partial charge in [-0.2, -0.15) is 12.4 Å². The highest BCUT2D eigenvalue weighted by molar-refractivity contribution is 7.89. The molecule has 0 saturated carbocycles. The summed E-state index contributed by atoms with van der Waals surface area (Å²) in [4.78, 5) is -0.101. The topological polar surface area (TPSA) is 95.7 Å². The molecule has 1 aromatic carbocycles. The molecule has 0 bridgehead atoms. The maximum absolute atomic E-state index is 11.3. The molecule has 0 heterocycles. The van der Waals surface area contributed by atoms with Crippen molar-refractivity contribution in [2.45, 2.75) is 4.90 Å². The minimum absolute atomic E-state index is 0.101. The Kier molecular flexibility index (Phi) is 3.79. The first-order valence-electron chi connectivity index (χ1n) is 3.46. The van der Waals surface area contributed by atoms with Crippen LogP contribution >= 0.6 is 8.25 Å². The Morgan fingerprint density at radius 1 is 1.21 bits per heavy atom. The Morgan fingerprint density at radius 2 is 1.79 bits per heavy atom. The Bertz CT molecular complexity index is 417. The van der Waals surface area contributed by atoms with E-state index in [-0.39, 0.29) is 4.90 Å². The van der Waals surface area contributed by atoms with Crippen molar-refractivity contribution >= 4 is 18.4 Å². The van der Waals surface area contributed by atoms with Crippen LogP contribution in [0.25, 0.3) is 0 Å². The van der Waals surface area contributed by atoms with Crippen molar-refractivity contribution in [1.82, 2.24) is 0 Å². The van der Waals surface area contributed by atoms with Crippen LogP contribution in [0, 0.1) is 0 Å². The second-order valence-corrected chi connectivity index (χ2v) is 5.00. The van der Waals surface area contributed by atoms with E-state index in [0.717, 1.165) is 0 Å². The van der Waals surface area contributed by atoms with Gasteiger partial charge in [-0.1, -0.05) is 18.2 Å². The Morgan fingerprint density at radius 3 is 2.29 bits per heavy atom. The van der Waals surface area contributed by atoms with E-state index in [0.29, 0.717) is 0 Å². The molecule has 0 radical (unpaired) electrons. The molecule has 8 heteroatoms. The molecule has 0 amide bonds. The van der Waals surface area contributed by atoms with Crippen LogP contribution in [-0.2, 0) is 23.3 Å². The van der Waals surface area contributed by atoms with Crippen molar-refractivity contribution in [1.29, 1.82) is 0 Å². The van der Waals surface area contributed by atoms with E-state index in [1.165, 1.54) is 24.3 Å². The third-order valence-corrected chi connectivity index (χ3v) is 3.77. The van der Waals surface area contributed by atoms with E-state index in [4.69, 9.17) is 0 Å². The molecule has 14 heavy (non-hydrogen) atoms. The molecule has 0 aliphatic carbocycles. The summed E-state index contributed by atoms with van der Waals surface area (Å²) in [5.41, 5.74) is 0.